The van der Waals surface area contributed by atoms with Gasteiger partial charge in [-0.2, -0.15) is 0 Å². The van der Waals surface area contributed by atoms with E-state index in [1.54, 1.807) is 0 Å². The molecule has 0 radical (unpaired) electrons. The van der Waals surface area contributed by atoms with Crippen LogP contribution in [-0.2, 0) is 14.3 Å². The number of carbonyl (C=O) groups is 2. The molecule has 0 spiro atoms. The molecule has 0 aromatic rings. The van der Waals surface area contributed by atoms with E-state index in [0.29, 0.717) is 12.3 Å². The van der Waals surface area contributed by atoms with Crippen LogP contribution in [0.2, 0.25) is 0 Å². The van der Waals surface area contributed by atoms with Gasteiger partial charge in [-0.15, -0.1) is 0 Å². The van der Waals surface area contributed by atoms with Crippen LogP contribution in [0.3, 0.4) is 0 Å². The second-order valence-corrected chi connectivity index (χ2v) is 5.00. The third-order valence-corrected chi connectivity index (χ3v) is 3.84. The summed E-state index contributed by atoms with van der Waals surface area (Å²) >= 11 is 0. The molecule has 0 amide bonds. The number of hydrogen-bond donors (Lipinski definition) is 1. The molecule has 4 heteroatoms. The summed E-state index contributed by atoms with van der Waals surface area (Å²) in [5, 5.41) is 7.42. The van der Waals surface area contributed by atoms with Gasteiger partial charge in [-0.05, 0) is 30.6 Å². The fourth-order valence-electron chi connectivity index (χ4n) is 3.05. The van der Waals surface area contributed by atoms with Crippen LogP contribution in [-0.4, -0.2) is 24.2 Å². The normalized spacial score (nSPS) is 30.1. The lowest BCUT2D eigenvalue weighted by Gasteiger charge is -2.47. The van der Waals surface area contributed by atoms with Crippen molar-refractivity contribution in [2.75, 3.05) is 7.11 Å². The molecule has 0 aromatic carbocycles. The molecule has 2 aliphatic rings. The molecule has 1 unspecified atom stereocenters. The number of esters is 1. The lowest BCUT2D eigenvalue weighted by molar-refractivity contribution is -0.144. The second kappa shape index (κ2) is 6.62. The molecule has 4 nitrogen and oxygen atoms in total. The van der Waals surface area contributed by atoms with Crippen molar-refractivity contribution in [1.29, 1.82) is 0 Å². The molecular weight excluding hydrogens is 220 g/mol. The maximum atomic E-state index is 11.1. The van der Waals surface area contributed by atoms with Crippen LogP contribution in [0.1, 0.15) is 45.4 Å². The molecule has 2 aliphatic carbocycles. The molecule has 2 saturated carbocycles. The lowest BCUT2D eigenvalue weighted by atomic mass is 9.58. The Balaban J connectivity index is 0.000000317. The number of aliphatic carboxylic acids is 1. The average Bonchev–Trinajstić information content (AvgIpc) is 2.25. The Bertz CT molecular complexity index is 271. The van der Waals surface area contributed by atoms with Gasteiger partial charge in [0.2, 0.25) is 0 Å². The number of carbonyl (C=O) groups excluding carboxylic acids is 1. The average molecular weight is 242 g/mol. The number of fused-ring (bicyclic) bond motifs is 1. The first-order valence-electron chi connectivity index (χ1n) is 6.31. The van der Waals surface area contributed by atoms with Crippen LogP contribution in [0, 0.1) is 17.8 Å². The fraction of sp³-hybridized carbons (Fsp3) is 0.846. The van der Waals surface area contributed by atoms with E-state index in [2.05, 4.69) is 0 Å². The second-order valence-electron chi connectivity index (χ2n) is 5.00. The van der Waals surface area contributed by atoms with Gasteiger partial charge in [0.1, 0.15) is 0 Å². The van der Waals surface area contributed by atoms with Gasteiger partial charge in [0.25, 0.3) is 5.97 Å². The summed E-state index contributed by atoms with van der Waals surface area (Å²) in [5.41, 5.74) is 0. The van der Waals surface area contributed by atoms with E-state index in [0.717, 1.165) is 18.8 Å². The van der Waals surface area contributed by atoms with Crippen molar-refractivity contribution in [3.63, 3.8) is 0 Å². The Morgan fingerprint density at radius 1 is 1.29 bits per heavy atom. The first-order valence-corrected chi connectivity index (χ1v) is 6.31. The van der Waals surface area contributed by atoms with Crippen LogP contribution >= 0.6 is 0 Å². The number of rotatable bonds is 2. The molecule has 2 rings (SSSR count). The number of carboxylic acids is 1. The van der Waals surface area contributed by atoms with Crippen molar-refractivity contribution < 1.29 is 19.4 Å². The van der Waals surface area contributed by atoms with Crippen LogP contribution < -0.4 is 0 Å². The Kier molecular flexibility index (Phi) is 5.45. The van der Waals surface area contributed by atoms with Gasteiger partial charge in [0.05, 0.1) is 7.11 Å². The summed E-state index contributed by atoms with van der Waals surface area (Å²) in [5.74, 6) is 1.60. The van der Waals surface area contributed by atoms with Gasteiger partial charge >= 0.3 is 5.97 Å². The third kappa shape index (κ3) is 4.36. The van der Waals surface area contributed by atoms with Gasteiger partial charge in [0, 0.05) is 13.3 Å². The molecule has 0 saturated heterocycles. The number of methoxy groups -OCH3 is 1. The minimum Gasteiger partial charge on any atom is -0.481 e. The molecule has 2 fully saturated rings. The van der Waals surface area contributed by atoms with E-state index >= 15 is 0 Å². The maximum absolute atomic E-state index is 11.1. The molecule has 0 bridgehead atoms. The summed E-state index contributed by atoms with van der Waals surface area (Å²) < 4.78 is 4.70. The van der Waals surface area contributed by atoms with E-state index in [1.165, 1.54) is 39.2 Å². The van der Waals surface area contributed by atoms with Crippen LogP contribution in [0.4, 0.5) is 0 Å². The Hall–Kier alpha value is -1.06. The lowest BCUT2D eigenvalue weighted by Crippen LogP contribution is -2.40. The quantitative estimate of drug-likeness (QED) is 0.755. The molecule has 17 heavy (non-hydrogen) atoms. The summed E-state index contributed by atoms with van der Waals surface area (Å²) in [6, 6.07) is 0. The zero-order chi connectivity index (χ0) is 12.8. The van der Waals surface area contributed by atoms with Gasteiger partial charge < -0.3 is 9.84 Å². The zero-order valence-electron chi connectivity index (χ0n) is 10.6. The van der Waals surface area contributed by atoms with Crippen molar-refractivity contribution >= 4 is 11.9 Å². The Morgan fingerprint density at radius 2 is 1.88 bits per heavy atom. The van der Waals surface area contributed by atoms with Crippen molar-refractivity contribution in [3.8, 4) is 0 Å². The summed E-state index contributed by atoms with van der Waals surface area (Å²) in [6.45, 7) is 1.08. The van der Waals surface area contributed by atoms with E-state index in [9.17, 15) is 4.79 Å². The highest BCUT2D eigenvalue weighted by molar-refractivity contribution is 5.69. The van der Waals surface area contributed by atoms with Crippen molar-refractivity contribution in [2.24, 2.45) is 17.8 Å². The van der Waals surface area contributed by atoms with Crippen LogP contribution in [0.25, 0.3) is 0 Å². The first kappa shape index (κ1) is 14.0. The monoisotopic (exact) mass is 242 g/mol. The first-order chi connectivity index (χ1) is 8.04. The van der Waals surface area contributed by atoms with E-state index in [4.69, 9.17) is 14.6 Å². The van der Waals surface area contributed by atoms with E-state index < -0.39 is 5.97 Å². The predicted octanol–water partition coefficient (Wildman–Crippen LogP) is 2.47. The van der Waals surface area contributed by atoms with E-state index in [-0.39, 0.29) is 5.97 Å². The molecule has 98 valence electrons. The number of ether oxygens (including phenoxy) is 1. The molecule has 1 N–H and O–H groups in total. The van der Waals surface area contributed by atoms with Gasteiger partial charge in [-0.1, -0.05) is 19.3 Å². The summed E-state index contributed by atoms with van der Waals surface area (Å²) in [6.07, 6.45) is 7.48. The highest BCUT2D eigenvalue weighted by Gasteiger charge is 2.42. The molecule has 0 aliphatic heterocycles. The van der Waals surface area contributed by atoms with E-state index in [1.807, 2.05) is 0 Å². The van der Waals surface area contributed by atoms with Gasteiger partial charge in [0.15, 0.2) is 0 Å². The third-order valence-electron chi connectivity index (χ3n) is 3.84. The minimum absolute atomic E-state index is 0.0194. The predicted molar refractivity (Wildman–Crippen MR) is 63.5 cm³/mol. The highest BCUT2D eigenvalue weighted by atomic mass is 16.5. The molecule has 0 aromatic heterocycles. The van der Waals surface area contributed by atoms with Crippen molar-refractivity contribution in [2.45, 2.75) is 45.4 Å². The van der Waals surface area contributed by atoms with Crippen LogP contribution in [0.5, 0.6) is 0 Å². The van der Waals surface area contributed by atoms with Gasteiger partial charge in [-0.25, -0.2) is 0 Å². The number of carboxylic acid groups (broad SMARTS) is 1. The zero-order valence-corrected chi connectivity index (χ0v) is 10.6. The van der Waals surface area contributed by atoms with Crippen LogP contribution in [0.15, 0.2) is 0 Å². The molecule has 3 atom stereocenters. The topological polar surface area (TPSA) is 63.6 Å². The largest absolute Gasteiger partial charge is 0.481 e. The number of hydrogen-bond acceptors (Lipinski definition) is 3. The fourth-order valence-corrected chi connectivity index (χ4v) is 3.05. The summed E-state index contributed by atoms with van der Waals surface area (Å²) in [7, 11) is 1.49. The molecular formula is C13H22O4. The molecule has 0 heterocycles. The smallest absolute Gasteiger partial charge is 0.305 e. The highest BCUT2D eigenvalue weighted by Crippen LogP contribution is 2.50. The van der Waals surface area contributed by atoms with Crippen molar-refractivity contribution in [1.82, 2.24) is 0 Å². The maximum Gasteiger partial charge on any atom is 0.305 e. The summed E-state index contributed by atoms with van der Waals surface area (Å²) in [4.78, 5) is 20.1. The Morgan fingerprint density at radius 3 is 2.41 bits per heavy atom. The van der Waals surface area contributed by atoms with Gasteiger partial charge in [-0.3, -0.25) is 9.59 Å². The van der Waals surface area contributed by atoms with Crippen molar-refractivity contribution in [3.05, 3.63) is 0 Å². The minimum atomic E-state index is -0.833. The SMILES string of the molecule is CC(=O)O.COC(=O)CC1C[C@@H]2CCCC[C@H]12. The Labute approximate surface area is 102 Å². The standard InChI is InChI=1S/C11H18O2.C2H4O2/c1-13-11(12)7-9-6-8-4-2-3-5-10(8)9;1-2(3)4/h8-10H,2-7H2,1H3;1H3,(H,3,4)/t8-,9?,10-;/m0./s1.